The van der Waals surface area contributed by atoms with Gasteiger partial charge in [0.25, 0.3) is 0 Å². The highest BCUT2D eigenvalue weighted by atomic mass is 32.2. The van der Waals surface area contributed by atoms with Crippen molar-refractivity contribution in [2.45, 2.75) is 13.5 Å². The fourth-order valence-electron chi connectivity index (χ4n) is 3.19. The molecular formula is C18H23N7O3S2. The van der Waals surface area contributed by atoms with Gasteiger partial charge in [0, 0.05) is 37.8 Å². The fourth-order valence-corrected chi connectivity index (χ4v) is 4.81. The summed E-state index contributed by atoms with van der Waals surface area (Å²) < 4.78 is 31.4. The van der Waals surface area contributed by atoms with E-state index in [0.29, 0.717) is 30.3 Å². The quantitative estimate of drug-likeness (QED) is 0.612. The number of nitrogens with two attached hydrogens (primary N) is 1. The standard InChI is InChI=1S/C18H23N7O3S2/c1-11-13(9-20-18(19)21-11)16-22-14-8-12(10-24(2)30(3,26)27)29-15(14)17(23-16)25-4-6-28-7-5-25/h8-9H,4-7,10H2,1-3H3,(H2,19,20,21). The summed E-state index contributed by atoms with van der Waals surface area (Å²) in [5.74, 6) is 1.53. The van der Waals surface area contributed by atoms with Crippen LogP contribution >= 0.6 is 11.3 Å². The maximum Gasteiger partial charge on any atom is 0.220 e. The summed E-state index contributed by atoms with van der Waals surface area (Å²) in [5.41, 5.74) is 7.86. The molecule has 0 aromatic carbocycles. The average molecular weight is 450 g/mol. The van der Waals surface area contributed by atoms with Crippen molar-refractivity contribution in [2.24, 2.45) is 0 Å². The number of nitrogens with zero attached hydrogens (tertiary/aromatic N) is 6. The Bertz CT molecular complexity index is 1190. The number of sulfonamides is 1. The van der Waals surface area contributed by atoms with E-state index in [1.54, 1.807) is 13.2 Å². The highest BCUT2D eigenvalue weighted by Gasteiger charge is 2.22. The van der Waals surface area contributed by atoms with E-state index >= 15 is 0 Å². The van der Waals surface area contributed by atoms with Crippen molar-refractivity contribution in [3.63, 3.8) is 0 Å². The number of thiophene rings is 1. The van der Waals surface area contributed by atoms with Gasteiger partial charge in [0.05, 0.1) is 40.9 Å². The van der Waals surface area contributed by atoms with Crippen LogP contribution in [0.2, 0.25) is 0 Å². The van der Waals surface area contributed by atoms with E-state index in [2.05, 4.69) is 14.9 Å². The highest BCUT2D eigenvalue weighted by molar-refractivity contribution is 7.88. The Labute approximate surface area is 178 Å². The molecule has 1 aliphatic heterocycles. The molecule has 2 N–H and O–H groups in total. The number of ether oxygens (including phenoxy) is 1. The Kier molecular flexibility index (Phi) is 5.57. The van der Waals surface area contributed by atoms with Crippen molar-refractivity contribution in [3.05, 3.63) is 22.8 Å². The highest BCUT2D eigenvalue weighted by Crippen LogP contribution is 2.35. The Morgan fingerprint density at radius 3 is 2.67 bits per heavy atom. The summed E-state index contributed by atoms with van der Waals surface area (Å²) in [6.45, 7) is 4.81. The van der Waals surface area contributed by atoms with E-state index in [0.717, 1.165) is 34.0 Å². The van der Waals surface area contributed by atoms with Crippen LogP contribution in [0.3, 0.4) is 0 Å². The van der Waals surface area contributed by atoms with Crippen LogP contribution in [0.25, 0.3) is 21.6 Å². The smallest absolute Gasteiger partial charge is 0.220 e. The summed E-state index contributed by atoms with van der Waals surface area (Å²) in [7, 11) is -1.72. The van der Waals surface area contributed by atoms with E-state index in [1.807, 2.05) is 13.0 Å². The van der Waals surface area contributed by atoms with Gasteiger partial charge in [-0.2, -0.15) is 0 Å². The van der Waals surface area contributed by atoms with Crippen LogP contribution in [-0.4, -0.2) is 72.3 Å². The third kappa shape index (κ3) is 4.21. The Hall–Kier alpha value is -2.41. The fraction of sp³-hybridized carbons (Fsp3) is 0.444. The minimum Gasteiger partial charge on any atom is -0.378 e. The number of hydrogen-bond acceptors (Lipinski definition) is 10. The molecule has 0 radical (unpaired) electrons. The maximum absolute atomic E-state index is 11.8. The lowest BCUT2D eigenvalue weighted by atomic mass is 10.2. The molecule has 3 aromatic heterocycles. The molecule has 1 aliphatic rings. The molecule has 0 atom stereocenters. The first-order chi connectivity index (χ1) is 14.2. The van der Waals surface area contributed by atoms with Gasteiger partial charge in [0.2, 0.25) is 16.0 Å². The second kappa shape index (κ2) is 8.02. The van der Waals surface area contributed by atoms with E-state index in [1.165, 1.54) is 21.9 Å². The molecule has 0 amide bonds. The number of anilines is 2. The number of fused-ring (bicyclic) bond motifs is 1. The van der Waals surface area contributed by atoms with E-state index in [9.17, 15) is 8.42 Å². The molecule has 1 saturated heterocycles. The molecule has 0 spiro atoms. The number of nitrogen functional groups attached to an aromatic ring is 1. The van der Waals surface area contributed by atoms with Gasteiger partial charge < -0.3 is 15.4 Å². The molecule has 0 saturated carbocycles. The van der Waals surface area contributed by atoms with Gasteiger partial charge in [-0.3, -0.25) is 0 Å². The lowest BCUT2D eigenvalue weighted by Crippen LogP contribution is -2.36. The molecule has 10 nitrogen and oxygen atoms in total. The van der Waals surface area contributed by atoms with Crippen molar-refractivity contribution < 1.29 is 13.2 Å². The number of morpholine rings is 1. The topological polar surface area (TPSA) is 127 Å². The van der Waals surface area contributed by atoms with Crippen molar-refractivity contribution in [2.75, 3.05) is 50.2 Å². The summed E-state index contributed by atoms with van der Waals surface area (Å²) in [4.78, 5) is 21.0. The maximum atomic E-state index is 11.8. The Morgan fingerprint density at radius 2 is 2.00 bits per heavy atom. The number of aromatic nitrogens is 4. The molecule has 0 aliphatic carbocycles. The van der Waals surface area contributed by atoms with Crippen LogP contribution in [0.15, 0.2) is 12.3 Å². The van der Waals surface area contributed by atoms with Gasteiger partial charge in [0.1, 0.15) is 0 Å². The Morgan fingerprint density at radius 1 is 1.27 bits per heavy atom. The minimum absolute atomic E-state index is 0.201. The predicted octanol–water partition coefficient (Wildman–Crippen LogP) is 1.27. The zero-order chi connectivity index (χ0) is 21.5. The van der Waals surface area contributed by atoms with Crippen molar-refractivity contribution in [1.29, 1.82) is 0 Å². The molecule has 4 heterocycles. The number of aryl methyl sites for hydroxylation is 1. The van der Waals surface area contributed by atoms with Crippen LogP contribution in [0, 0.1) is 6.92 Å². The number of rotatable bonds is 5. The molecule has 30 heavy (non-hydrogen) atoms. The lowest BCUT2D eigenvalue weighted by Gasteiger charge is -2.28. The largest absolute Gasteiger partial charge is 0.378 e. The van der Waals surface area contributed by atoms with Crippen LogP contribution in [-0.2, 0) is 21.3 Å². The van der Waals surface area contributed by atoms with Crippen LogP contribution < -0.4 is 10.6 Å². The summed E-state index contributed by atoms with van der Waals surface area (Å²) in [6, 6.07) is 1.92. The lowest BCUT2D eigenvalue weighted by molar-refractivity contribution is 0.122. The first kappa shape index (κ1) is 20.8. The van der Waals surface area contributed by atoms with Crippen LogP contribution in [0.1, 0.15) is 10.6 Å². The molecule has 4 rings (SSSR count). The van der Waals surface area contributed by atoms with Gasteiger partial charge in [-0.05, 0) is 13.0 Å². The van der Waals surface area contributed by atoms with Gasteiger partial charge in [-0.1, -0.05) is 0 Å². The van der Waals surface area contributed by atoms with Gasteiger partial charge >= 0.3 is 0 Å². The molecular weight excluding hydrogens is 426 g/mol. The first-order valence-electron chi connectivity index (χ1n) is 9.36. The summed E-state index contributed by atoms with van der Waals surface area (Å²) in [6.07, 6.45) is 2.83. The van der Waals surface area contributed by atoms with Crippen LogP contribution in [0.4, 0.5) is 11.8 Å². The van der Waals surface area contributed by atoms with E-state index < -0.39 is 10.0 Å². The minimum atomic E-state index is -3.28. The van der Waals surface area contributed by atoms with Gasteiger partial charge in [-0.25, -0.2) is 32.7 Å². The molecule has 0 unspecified atom stereocenters. The first-order valence-corrected chi connectivity index (χ1v) is 12.0. The molecule has 0 bridgehead atoms. The molecule has 1 fully saturated rings. The average Bonchev–Trinajstić information content (AvgIpc) is 3.09. The molecule has 12 heteroatoms. The van der Waals surface area contributed by atoms with Crippen LogP contribution in [0.5, 0.6) is 0 Å². The van der Waals surface area contributed by atoms with Crippen molar-refractivity contribution in [1.82, 2.24) is 24.2 Å². The SMILES string of the molecule is Cc1nc(N)ncc1-c1nc(N2CCOCC2)c2sc(CN(C)S(C)(=O)=O)cc2n1. The molecule has 160 valence electrons. The zero-order valence-corrected chi connectivity index (χ0v) is 18.6. The monoisotopic (exact) mass is 449 g/mol. The zero-order valence-electron chi connectivity index (χ0n) is 17.0. The van der Waals surface area contributed by atoms with Crippen molar-refractivity contribution in [3.8, 4) is 11.4 Å². The van der Waals surface area contributed by atoms with E-state index in [-0.39, 0.29) is 12.5 Å². The normalized spacial score (nSPS) is 15.3. The second-order valence-electron chi connectivity index (χ2n) is 7.14. The summed E-state index contributed by atoms with van der Waals surface area (Å²) >= 11 is 1.51. The number of hydrogen-bond donors (Lipinski definition) is 1. The third-order valence-electron chi connectivity index (χ3n) is 4.90. The molecule has 3 aromatic rings. The second-order valence-corrected chi connectivity index (χ2v) is 10.4. The Balaban J connectivity index is 1.84. The van der Waals surface area contributed by atoms with Crippen molar-refractivity contribution >= 4 is 43.3 Å². The van der Waals surface area contributed by atoms with Gasteiger partial charge in [0.15, 0.2) is 11.6 Å². The summed E-state index contributed by atoms with van der Waals surface area (Å²) in [5, 5.41) is 0. The predicted molar refractivity (Wildman–Crippen MR) is 117 cm³/mol. The van der Waals surface area contributed by atoms with Gasteiger partial charge in [-0.15, -0.1) is 11.3 Å². The van der Waals surface area contributed by atoms with E-state index in [4.69, 9.17) is 20.4 Å². The third-order valence-corrected chi connectivity index (χ3v) is 7.27.